The van der Waals surface area contributed by atoms with Gasteiger partial charge in [-0.2, -0.15) is 0 Å². The SMILES string of the molecule is CCCN(Cc1ccc(OCC2CCCO2)cc1)C1CCNCC1.Cl. The van der Waals surface area contributed by atoms with Crippen molar-refractivity contribution < 1.29 is 9.47 Å². The average molecular weight is 369 g/mol. The Bertz CT molecular complexity index is 471. The van der Waals surface area contributed by atoms with Crippen molar-refractivity contribution in [3.63, 3.8) is 0 Å². The van der Waals surface area contributed by atoms with Crippen LogP contribution in [0.2, 0.25) is 0 Å². The van der Waals surface area contributed by atoms with Crippen LogP contribution in [0.4, 0.5) is 0 Å². The normalized spacial score (nSPS) is 21.3. The molecular formula is C20H33ClN2O2. The van der Waals surface area contributed by atoms with Gasteiger partial charge in [0.2, 0.25) is 0 Å². The van der Waals surface area contributed by atoms with Crippen LogP contribution in [-0.2, 0) is 11.3 Å². The minimum absolute atomic E-state index is 0. The van der Waals surface area contributed by atoms with E-state index in [1.165, 1.54) is 31.4 Å². The standard InChI is InChI=1S/C20H32N2O2.ClH/c1-2-13-22(18-9-11-21-12-10-18)15-17-5-7-19(8-6-17)24-16-20-4-3-14-23-20;/h5-8,18,20-21H,2-4,9-16H2,1H3;1H. The molecule has 5 heteroatoms. The molecule has 0 spiro atoms. The largest absolute Gasteiger partial charge is 0.491 e. The highest BCUT2D eigenvalue weighted by molar-refractivity contribution is 5.85. The lowest BCUT2D eigenvalue weighted by Crippen LogP contribution is -2.43. The zero-order chi connectivity index (χ0) is 16.6. The third kappa shape index (κ3) is 6.45. The fourth-order valence-corrected chi connectivity index (χ4v) is 3.74. The van der Waals surface area contributed by atoms with Crippen LogP contribution in [0, 0.1) is 0 Å². The quantitative estimate of drug-likeness (QED) is 0.759. The molecule has 1 aromatic rings. The molecule has 1 atom stereocenters. The summed E-state index contributed by atoms with van der Waals surface area (Å²) in [6, 6.07) is 9.37. The highest BCUT2D eigenvalue weighted by Crippen LogP contribution is 2.20. The Balaban J connectivity index is 0.00000225. The van der Waals surface area contributed by atoms with Gasteiger partial charge in [-0.25, -0.2) is 0 Å². The zero-order valence-corrected chi connectivity index (χ0v) is 16.2. The number of benzene rings is 1. The first-order valence-corrected chi connectivity index (χ1v) is 9.63. The maximum Gasteiger partial charge on any atom is 0.119 e. The molecule has 0 aliphatic carbocycles. The number of hydrogen-bond donors (Lipinski definition) is 1. The molecule has 0 aromatic heterocycles. The van der Waals surface area contributed by atoms with Crippen LogP contribution in [0.15, 0.2) is 24.3 Å². The van der Waals surface area contributed by atoms with E-state index in [0.717, 1.165) is 50.9 Å². The summed E-state index contributed by atoms with van der Waals surface area (Å²) in [5.74, 6) is 0.957. The van der Waals surface area contributed by atoms with Crippen LogP contribution >= 0.6 is 12.4 Å². The molecule has 2 saturated heterocycles. The van der Waals surface area contributed by atoms with Gasteiger partial charge in [0.05, 0.1) is 6.10 Å². The maximum atomic E-state index is 5.87. The number of piperidine rings is 1. The Morgan fingerprint density at radius 2 is 1.92 bits per heavy atom. The van der Waals surface area contributed by atoms with Crippen molar-refractivity contribution in [3.8, 4) is 5.75 Å². The second-order valence-electron chi connectivity index (χ2n) is 7.04. The molecule has 0 amide bonds. The molecule has 2 heterocycles. The molecule has 0 bridgehead atoms. The lowest BCUT2D eigenvalue weighted by atomic mass is 10.0. The van der Waals surface area contributed by atoms with E-state index in [1.54, 1.807) is 0 Å². The molecule has 3 rings (SSSR count). The van der Waals surface area contributed by atoms with Gasteiger partial charge in [-0.15, -0.1) is 12.4 Å². The Labute approximate surface area is 158 Å². The summed E-state index contributed by atoms with van der Waals surface area (Å²) in [6.07, 6.45) is 6.32. The van der Waals surface area contributed by atoms with Crippen LogP contribution in [0.1, 0.15) is 44.6 Å². The summed E-state index contributed by atoms with van der Waals surface area (Å²) in [6.45, 7) is 8.37. The predicted octanol–water partition coefficient (Wildman–Crippen LogP) is 3.63. The fourth-order valence-electron chi connectivity index (χ4n) is 3.74. The molecular weight excluding hydrogens is 336 g/mol. The summed E-state index contributed by atoms with van der Waals surface area (Å²) in [5, 5.41) is 3.47. The van der Waals surface area contributed by atoms with Gasteiger partial charge < -0.3 is 14.8 Å². The highest BCUT2D eigenvalue weighted by Gasteiger charge is 2.20. The van der Waals surface area contributed by atoms with Crippen molar-refractivity contribution in [3.05, 3.63) is 29.8 Å². The smallest absolute Gasteiger partial charge is 0.119 e. The van der Waals surface area contributed by atoms with Crippen molar-refractivity contribution in [1.82, 2.24) is 10.2 Å². The Hall–Kier alpha value is -0.810. The van der Waals surface area contributed by atoms with Crippen molar-refractivity contribution >= 4 is 12.4 Å². The summed E-state index contributed by atoms with van der Waals surface area (Å²) in [7, 11) is 0. The van der Waals surface area contributed by atoms with E-state index in [1.807, 2.05) is 0 Å². The van der Waals surface area contributed by atoms with Crippen molar-refractivity contribution in [2.24, 2.45) is 0 Å². The van der Waals surface area contributed by atoms with Gasteiger partial charge in [-0.3, -0.25) is 4.90 Å². The maximum absolute atomic E-state index is 5.87. The van der Waals surface area contributed by atoms with E-state index in [-0.39, 0.29) is 18.5 Å². The highest BCUT2D eigenvalue weighted by atomic mass is 35.5. The summed E-state index contributed by atoms with van der Waals surface area (Å²) < 4.78 is 11.5. The Kier molecular flexibility index (Phi) is 9.04. The first-order chi connectivity index (χ1) is 11.8. The molecule has 2 fully saturated rings. The number of nitrogens with zero attached hydrogens (tertiary/aromatic N) is 1. The monoisotopic (exact) mass is 368 g/mol. The number of ether oxygens (including phenoxy) is 2. The lowest BCUT2D eigenvalue weighted by molar-refractivity contribution is 0.0679. The molecule has 4 nitrogen and oxygen atoms in total. The Morgan fingerprint density at radius 1 is 1.16 bits per heavy atom. The van der Waals surface area contributed by atoms with Crippen molar-refractivity contribution in [1.29, 1.82) is 0 Å². The first kappa shape index (κ1) is 20.5. The third-order valence-corrected chi connectivity index (χ3v) is 5.10. The second-order valence-corrected chi connectivity index (χ2v) is 7.04. The van der Waals surface area contributed by atoms with Crippen LogP contribution in [-0.4, -0.2) is 49.9 Å². The van der Waals surface area contributed by atoms with E-state index in [2.05, 4.69) is 41.4 Å². The van der Waals surface area contributed by atoms with E-state index in [4.69, 9.17) is 9.47 Å². The van der Waals surface area contributed by atoms with Crippen LogP contribution in [0.3, 0.4) is 0 Å². The number of rotatable bonds is 8. The van der Waals surface area contributed by atoms with E-state index < -0.39 is 0 Å². The molecule has 0 saturated carbocycles. The molecule has 0 radical (unpaired) electrons. The third-order valence-electron chi connectivity index (χ3n) is 5.10. The Morgan fingerprint density at radius 3 is 2.56 bits per heavy atom. The van der Waals surface area contributed by atoms with E-state index in [9.17, 15) is 0 Å². The van der Waals surface area contributed by atoms with Crippen LogP contribution in [0.25, 0.3) is 0 Å². The number of nitrogens with one attached hydrogen (secondary N) is 1. The zero-order valence-electron chi connectivity index (χ0n) is 15.4. The first-order valence-electron chi connectivity index (χ1n) is 9.63. The fraction of sp³-hybridized carbons (Fsp3) is 0.700. The summed E-state index contributed by atoms with van der Waals surface area (Å²) in [4.78, 5) is 2.66. The van der Waals surface area contributed by atoms with Crippen molar-refractivity contribution in [2.45, 2.75) is 57.7 Å². The van der Waals surface area contributed by atoms with Gasteiger partial charge in [0.1, 0.15) is 12.4 Å². The van der Waals surface area contributed by atoms with Gasteiger partial charge in [0.15, 0.2) is 0 Å². The van der Waals surface area contributed by atoms with Gasteiger partial charge in [0, 0.05) is 19.2 Å². The molecule has 2 aliphatic heterocycles. The molecule has 1 aromatic carbocycles. The van der Waals surface area contributed by atoms with Crippen molar-refractivity contribution in [2.75, 3.05) is 32.8 Å². The second kappa shape index (κ2) is 11.0. The number of halogens is 1. The average Bonchev–Trinajstić information content (AvgIpc) is 3.15. The summed E-state index contributed by atoms with van der Waals surface area (Å²) >= 11 is 0. The lowest BCUT2D eigenvalue weighted by Gasteiger charge is -2.34. The molecule has 2 aliphatic rings. The molecule has 1 unspecified atom stereocenters. The van der Waals surface area contributed by atoms with Crippen LogP contribution in [0.5, 0.6) is 5.75 Å². The molecule has 25 heavy (non-hydrogen) atoms. The minimum atomic E-state index is 0. The van der Waals surface area contributed by atoms with Gasteiger partial charge in [0.25, 0.3) is 0 Å². The predicted molar refractivity (Wildman–Crippen MR) is 105 cm³/mol. The number of hydrogen-bond acceptors (Lipinski definition) is 4. The van der Waals surface area contributed by atoms with Crippen LogP contribution < -0.4 is 10.1 Å². The van der Waals surface area contributed by atoms with Gasteiger partial charge >= 0.3 is 0 Å². The topological polar surface area (TPSA) is 33.7 Å². The molecule has 1 N–H and O–H groups in total. The van der Waals surface area contributed by atoms with E-state index in [0.29, 0.717) is 6.61 Å². The van der Waals surface area contributed by atoms with Gasteiger partial charge in [-0.1, -0.05) is 19.1 Å². The summed E-state index contributed by atoms with van der Waals surface area (Å²) in [5.41, 5.74) is 1.38. The minimum Gasteiger partial charge on any atom is -0.491 e. The van der Waals surface area contributed by atoms with E-state index >= 15 is 0 Å². The van der Waals surface area contributed by atoms with Gasteiger partial charge in [-0.05, 0) is 69.4 Å². The molecule has 142 valence electrons.